The Labute approximate surface area is 116 Å². The fourth-order valence-electron chi connectivity index (χ4n) is 1.56. The summed E-state index contributed by atoms with van der Waals surface area (Å²) in [6.07, 6.45) is 1.50. The Balaban J connectivity index is 2.37. The number of hydrogen-bond donors (Lipinski definition) is 2. The molecule has 0 amide bonds. The molecule has 0 saturated carbocycles. The molecule has 0 aliphatic carbocycles. The molecule has 0 aliphatic rings. The molecule has 2 rings (SSSR count). The second-order valence-electron chi connectivity index (χ2n) is 3.91. The molecule has 8 heteroatoms. The molecule has 19 heavy (non-hydrogen) atoms. The molecule has 0 fully saturated rings. The van der Waals surface area contributed by atoms with Crippen molar-refractivity contribution >= 4 is 27.4 Å². The molecule has 0 aliphatic heterocycles. The van der Waals surface area contributed by atoms with E-state index in [1.165, 1.54) is 16.9 Å². The molecule has 6 nitrogen and oxygen atoms in total. The number of benzene rings is 1. The third kappa shape index (κ3) is 2.89. The molecule has 0 bridgehead atoms. The van der Waals surface area contributed by atoms with Crippen LogP contribution in [0.5, 0.6) is 0 Å². The van der Waals surface area contributed by atoms with Gasteiger partial charge in [-0.1, -0.05) is 17.7 Å². The minimum absolute atomic E-state index is 0.00701. The molecule has 0 saturated heterocycles. The maximum Gasteiger partial charge on any atom is 0.264 e. The van der Waals surface area contributed by atoms with Crippen molar-refractivity contribution in [1.29, 1.82) is 0 Å². The van der Waals surface area contributed by atoms with Crippen LogP contribution < -0.4 is 10.5 Å². The number of sulfonamides is 1. The van der Waals surface area contributed by atoms with Gasteiger partial charge in [0.1, 0.15) is 10.7 Å². The standard InChI is InChI=1S/C11H13ClN4O2S/c1-16-11(4-5-14-16)15-19(17,18)10-3-2-8(7-13)6-9(10)12/h2-6,15H,7,13H2,1H3. The highest BCUT2D eigenvalue weighted by Crippen LogP contribution is 2.24. The van der Waals surface area contributed by atoms with Gasteiger partial charge in [-0.25, -0.2) is 8.42 Å². The fourth-order valence-corrected chi connectivity index (χ4v) is 3.21. The van der Waals surface area contributed by atoms with Crippen LogP contribution in [0.4, 0.5) is 5.82 Å². The van der Waals surface area contributed by atoms with E-state index in [0.29, 0.717) is 12.4 Å². The quantitative estimate of drug-likeness (QED) is 0.891. The summed E-state index contributed by atoms with van der Waals surface area (Å²) in [5.74, 6) is 0.360. The molecule has 0 radical (unpaired) electrons. The molecule has 3 N–H and O–H groups in total. The van der Waals surface area contributed by atoms with E-state index in [9.17, 15) is 8.42 Å². The lowest BCUT2D eigenvalue weighted by molar-refractivity contribution is 0.600. The van der Waals surface area contributed by atoms with Crippen molar-refractivity contribution in [3.63, 3.8) is 0 Å². The van der Waals surface area contributed by atoms with Crippen molar-refractivity contribution in [1.82, 2.24) is 9.78 Å². The number of aromatic nitrogens is 2. The molecule has 1 aromatic carbocycles. The van der Waals surface area contributed by atoms with Crippen LogP contribution in [0.3, 0.4) is 0 Å². The van der Waals surface area contributed by atoms with Crippen LogP contribution in [0.1, 0.15) is 5.56 Å². The van der Waals surface area contributed by atoms with Gasteiger partial charge in [-0.05, 0) is 17.7 Å². The van der Waals surface area contributed by atoms with Crippen molar-refractivity contribution in [3.05, 3.63) is 41.0 Å². The fraction of sp³-hybridized carbons (Fsp3) is 0.182. The van der Waals surface area contributed by atoms with Crippen LogP contribution in [0.2, 0.25) is 5.02 Å². The predicted octanol–water partition coefficient (Wildman–Crippen LogP) is 1.33. The average molecular weight is 301 g/mol. The van der Waals surface area contributed by atoms with Crippen molar-refractivity contribution < 1.29 is 8.42 Å². The van der Waals surface area contributed by atoms with Gasteiger partial charge in [-0.3, -0.25) is 9.40 Å². The first-order valence-corrected chi connectivity index (χ1v) is 7.29. The molecule has 1 heterocycles. The summed E-state index contributed by atoms with van der Waals surface area (Å²) in [4.78, 5) is 0.00701. The van der Waals surface area contributed by atoms with E-state index in [0.717, 1.165) is 5.56 Å². The highest BCUT2D eigenvalue weighted by atomic mass is 35.5. The summed E-state index contributed by atoms with van der Waals surface area (Å²) in [5.41, 5.74) is 6.24. The first-order chi connectivity index (χ1) is 8.94. The number of halogens is 1. The number of nitrogens with one attached hydrogen (secondary N) is 1. The smallest absolute Gasteiger partial charge is 0.264 e. The second-order valence-corrected chi connectivity index (χ2v) is 5.97. The minimum Gasteiger partial charge on any atom is -0.326 e. The van der Waals surface area contributed by atoms with E-state index in [1.807, 2.05) is 0 Å². The van der Waals surface area contributed by atoms with Gasteiger partial charge in [0.15, 0.2) is 0 Å². The number of nitrogens with zero attached hydrogens (tertiary/aromatic N) is 2. The first kappa shape index (κ1) is 13.9. The normalized spacial score (nSPS) is 11.5. The average Bonchev–Trinajstić information content (AvgIpc) is 2.73. The molecular weight excluding hydrogens is 288 g/mol. The van der Waals surface area contributed by atoms with Crippen LogP contribution in [0.15, 0.2) is 35.4 Å². The number of nitrogens with two attached hydrogens (primary N) is 1. The molecule has 0 spiro atoms. The van der Waals surface area contributed by atoms with E-state index >= 15 is 0 Å². The van der Waals surface area contributed by atoms with Gasteiger partial charge < -0.3 is 5.73 Å². The van der Waals surface area contributed by atoms with E-state index in [4.69, 9.17) is 17.3 Å². The highest BCUT2D eigenvalue weighted by Gasteiger charge is 2.19. The third-order valence-corrected chi connectivity index (χ3v) is 4.42. The summed E-state index contributed by atoms with van der Waals surface area (Å²) < 4.78 is 28.2. The van der Waals surface area contributed by atoms with E-state index < -0.39 is 10.0 Å². The SMILES string of the molecule is Cn1nccc1NS(=O)(=O)c1ccc(CN)cc1Cl. The Morgan fingerprint density at radius 2 is 2.16 bits per heavy atom. The summed E-state index contributed by atoms with van der Waals surface area (Å²) >= 11 is 5.98. The first-order valence-electron chi connectivity index (χ1n) is 5.43. The van der Waals surface area contributed by atoms with Crippen LogP contribution in [0, 0.1) is 0 Å². The summed E-state index contributed by atoms with van der Waals surface area (Å²) in [5, 5.41) is 4.02. The lowest BCUT2D eigenvalue weighted by Gasteiger charge is -2.10. The zero-order chi connectivity index (χ0) is 14.0. The highest BCUT2D eigenvalue weighted by molar-refractivity contribution is 7.92. The number of anilines is 1. The zero-order valence-corrected chi connectivity index (χ0v) is 11.7. The third-order valence-electron chi connectivity index (χ3n) is 2.58. The summed E-state index contributed by atoms with van der Waals surface area (Å²) in [6.45, 7) is 0.301. The molecular formula is C11H13ClN4O2S. The van der Waals surface area contributed by atoms with Gasteiger partial charge in [0, 0.05) is 19.7 Å². The van der Waals surface area contributed by atoms with Crippen LogP contribution >= 0.6 is 11.6 Å². The largest absolute Gasteiger partial charge is 0.326 e. The molecule has 102 valence electrons. The van der Waals surface area contributed by atoms with Gasteiger partial charge in [-0.2, -0.15) is 5.10 Å². The van der Waals surface area contributed by atoms with Gasteiger partial charge in [0.2, 0.25) is 0 Å². The Morgan fingerprint density at radius 3 is 2.68 bits per heavy atom. The maximum absolute atomic E-state index is 12.2. The van der Waals surface area contributed by atoms with Gasteiger partial charge in [0.25, 0.3) is 10.0 Å². The molecule has 0 atom stereocenters. The zero-order valence-electron chi connectivity index (χ0n) is 10.2. The van der Waals surface area contributed by atoms with Crippen molar-refractivity contribution in [2.45, 2.75) is 11.4 Å². The number of rotatable bonds is 4. The Morgan fingerprint density at radius 1 is 1.42 bits per heavy atom. The van der Waals surface area contributed by atoms with Crippen molar-refractivity contribution in [2.75, 3.05) is 4.72 Å². The van der Waals surface area contributed by atoms with Gasteiger partial charge >= 0.3 is 0 Å². The van der Waals surface area contributed by atoms with Crippen molar-refractivity contribution in [3.8, 4) is 0 Å². The molecule has 1 aromatic heterocycles. The van der Waals surface area contributed by atoms with Crippen molar-refractivity contribution in [2.24, 2.45) is 12.8 Å². The van der Waals surface area contributed by atoms with Gasteiger partial charge in [-0.15, -0.1) is 0 Å². The molecule has 2 aromatic rings. The lowest BCUT2D eigenvalue weighted by Crippen LogP contribution is -2.16. The molecule has 0 unspecified atom stereocenters. The lowest BCUT2D eigenvalue weighted by atomic mass is 10.2. The van der Waals surface area contributed by atoms with Gasteiger partial charge in [0.05, 0.1) is 11.2 Å². The van der Waals surface area contributed by atoms with Crippen LogP contribution in [-0.2, 0) is 23.6 Å². The number of hydrogen-bond acceptors (Lipinski definition) is 4. The summed E-state index contributed by atoms with van der Waals surface area (Å²) in [6, 6.07) is 6.16. The Kier molecular flexibility index (Phi) is 3.79. The topological polar surface area (TPSA) is 90.0 Å². The Hall–Kier alpha value is -1.57. The minimum atomic E-state index is -3.74. The monoisotopic (exact) mass is 300 g/mol. The maximum atomic E-state index is 12.2. The predicted molar refractivity (Wildman–Crippen MR) is 73.4 cm³/mol. The summed E-state index contributed by atoms with van der Waals surface area (Å²) in [7, 11) is -2.11. The van der Waals surface area contributed by atoms with Crippen LogP contribution in [-0.4, -0.2) is 18.2 Å². The Bertz CT molecular complexity index is 696. The second kappa shape index (κ2) is 5.20. The van der Waals surface area contributed by atoms with Crippen LogP contribution in [0.25, 0.3) is 0 Å². The van der Waals surface area contributed by atoms with E-state index in [2.05, 4.69) is 9.82 Å². The van der Waals surface area contributed by atoms with E-state index in [-0.39, 0.29) is 9.92 Å². The van der Waals surface area contributed by atoms with E-state index in [1.54, 1.807) is 25.2 Å². The number of aryl methyl sites for hydroxylation is 1.